The fourth-order valence-electron chi connectivity index (χ4n) is 7.22. The van der Waals surface area contributed by atoms with Crippen LogP contribution in [0.3, 0.4) is 0 Å². The van der Waals surface area contributed by atoms with Crippen LogP contribution in [0.15, 0.2) is 18.3 Å². The van der Waals surface area contributed by atoms with Crippen LogP contribution in [-0.2, 0) is 32.2 Å². The van der Waals surface area contributed by atoms with E-state index in [1.807, 2.05) is 17.9 Å². The van der Waals surface area contributed by atoms with E-state index in [0.29, 0.717) is 19.4 Å². The number of hydrogen-bond donors (Lipinski definition) is 1. The van der Waals surface area contributed by atoms with Gasteiger partial charge in [0.15, 0.2) is 0 Å². The first-order valence-electron chi connectivity index (χ1n) is 23.8. The zero-order chi connectivity index (χ0) is 40.6. The Bertz CT molecular complexity index is 1030. The fourth-order valence-corrected chi connectivity index (χ4v) is 7.22. The molecule has 326 valence electrons. The van der Waals surface area contributed by atoms with Crippen molar-refractivity contribution in [3.63, 3.8) is 0 Å². The molecule has 0 saturated heterocycles. The molecule has 1 aromatic heterocycles. The molecule has 1 N–H and O–H groups in total. The molecule has 1 aromatic rings. The average Bonchev–Trinajstić information content (AvgIpc) is 3.65. The van der Waals surface area contributed by atoms with Crippen molar-refractivity contribution in [1.29, 1.82) is 0 Å². The molecule has 0 aromatic carbocycles. The SMILES string of the molecule is CCCCC/C=C\CCCOC(=O)CCCCCN(CCCCCCCC(=O)OC(CCCCCCCC)CCCCCCCC)CCn1cc(CNC)nn1. The third-order valence-electron chi connectivity index (χ3n) is 10.8. The van der Waals surface area contributed by atoms with Crippen LogP contribution in [0.5, 0.6) is 0 Å². The molecule has 0 unspecified atom stereocenters. The molecular formula is C47H89N5O4. The summed E-state index contributed by atoms with van der Waals surface area (Å²) in [5, 5.41) is 11.7. The standard InChI is InChI=1S/C47H89N5O4/c1-5-8-11-14-17-18-24-32-41-55-46(53)35-29-25-31-38-51(39-40-52-43-44(42-48-4)49-50-52)37-30-23-19-22-28-36-47(54)56-45(33-26-20-15-12-9-6-2)34-27-21-16-13-10-7-3/h17-18,43,45,48H,5-16,19-42H2,1-4H3/b18-17-. The minimum Gasteiger partial charge on any atom is -0.466 e. The van der Waals surface area contributed by atoms with Crippen LogP contribution >= 0.6 is 0 Å². The van der Waals surface area contributed by atoms with Gasteiger partial charge in [-0.05, 0) is 97.2 Å². The second-order valence-corrected chi connectivity index (χ2v) is 16.2. The predicted molar refractivity (Wildman–Crippen MR) is 235 cm³/mol. The highest BCUT2D eigenvalue weighted by atomic mass is 16.5. The Morgan fingerprint density at radius 1 is 0.661 bits per heavy atom. The van der Waals surface area contributed by atoms with E-state index >= 15 is 0 Å². The lowest BCUT2D eigenvalue weighted by Gasteiger charge is -2.22. The smallest absolute Gasteiger partial charge is 0.306 e. The summed E-state index contributed by atoms with van der Waals surface area (Å²) in [6.45, 7) is 11.8. The molecule has 0 aliphatic carbocycles. The molecule has 9 heteroatoms. The van der Waals surface area contributed by atoms with Crippen LogP contribution in [0, 0.1) is 0 Å². The molecule has 9 nitrogen and oxygen atoms in total. The lowest BCUT2D eigenvalue weighted by molar-refractivity contribution is -0.150. The summed E-state index contributed by atoms with van der Waals surface area (Å²) in [5.41, 5.74) is 0.958. The lowest BCUT2D eigenvalue weighted by Crippen LogP contribution is -2.30. The minimum absolute atomic E-state index is 0.0123. The summed E-state index contributed by atoms with van der Waals surface area (Å²) in [4.78, 5) is 27.6. The topological polar surface area (TPSA) is 98.6 Å². The molecule has 56 heavy (non-hydrogen) atoms. The first-order chi connectivity index (χ1) is 27.5. The Morgan fingerprint density at radius 3 is 1.80 bits per heavy atom. The van der Waals surface area contributed by atoms with Crippen molar-refractivity contribution in [3.05, 3.63) is 24.0 Å². The molecule has 0 saturated carbocycles. The third-order valence-corrected chi connectivity index (χ3v) is 10.8. The Kier molecular flexibility index (Phi) is 36.6. The highest BCUT2D eigenvalue weighted by Gasteiger charge is 2.15. The van der Waals surface area contributed by atoms with E-state index in [1.165, 1.54) is 103 Å². The number of hydrogen-bond acceptors (Lipinski definition) is 8. The molecular weight excluding hydrogens is 699 g/mol. The number of esters is 2. The maximum Gasteiger partial charge on any atom is 0.306 e. The van der Waals surface area contributed by atoms with Crippen LogP contribution < -0.4 is 5.32 Å². The molecule has 1 rings (SSSR count). The Labute approximate surface area is 345 Å². The van der Waals surface area contributed by atoms with Crippen molar-refractivity contribution >= 4 is 11.9 Å². The summed E-state index contributed by atoms with van der Waals surface area (Å²) >= 11 is 0. The Balaban J connectivity index is 2.36. The van der Waals surface area contributed by atoms with E-state index < -0.39 is 0 Å². The van der Waals surface area contributed by atoms with Gasteiger partial charge in [-0.2, -0.15) is 0 Å². The van der Waals surface area contributed by atoms with Crippen molar-refractivity contribution in [2.45, 2.75) is 233 Å². The van der Waals surface area contributed by atoms with Crippen LogP contribution in [0.2, 0.25) is 0 Å². The van der Waals surface area contributed by atoms with Gasteiger partial charge in [0.05, 0.1) is 18.8 Å². The highest BCUT2D eigenvalue weighted by molar-refractivity contribution is 5.69. The number of rotatable bonds is 42. The first kappa shape index (κ1) is 51.8. The monoisotopic (exact) mass is 788 g/mol. The summed E-state index contributed by atoms with van der Waals surface area (Å²) < 4.78 is 13.5. The molecule has 0 amide bonds. The van der Waals surface area contributed by atoms with Crippen LogP contribution in [0.1, 0.15) is 219 Å². The Morgan fingerprint density at radius 2 is 1.18 bits per heavy atom. The van der Waals surface area contributed by atoms with Crippen molar-refractivity contribution in [2.24, 2.45) is 0 Å². The van der Waals surface area contributed by atoms with Crippen LogP contribution in [-0.4, -0.2) is 71.2 Å². The number of carbonyl (C=O) groups excluding carboxylic acids is 2. The van der Waals surface area contributed by atoms with Gasteiger partial charge in [-0.3, -0.25) is 14.3 Å². The summed E-state index contributed by atoms with van der Waals surface area (Å²) in [6.07, 6.45) is 40.4. The maximum atomic E-state index is 12.8. The Hall–Kier alpha value is -2.26. The van der Waals surface area contributed by atoms with E-state index in [2.05, 4.69) is 53.5 Å². The van der Waals surface area contributed by atoms with Gasteiger partial charge in [-0.15, -0.1) is 5.10 Å². The van der Waals surface area contributed by atoms with Crippen LogP contribution in [0.4, 0.5) is 0 Å². The number of allylic oxidation sites excluding steroid dienone is 2. The number of carbonyl (C=O) groups is 2. The van der Waals surface area contributed by atoms with Gasteiger partial charge >= 0.3 is 11.9 Å². The van der Waals surface area contributed by atoms with Crippen LogP contribution in [0.25, 0.3) is 0 Å². The largest absolute Gasteiger partial charge is 0.466 e. The van der Waals surface area contributed by atoms with Gasteiger partial charge in [0.1, 0.15) is 6.10 Å². The van der Waals surface area contributed by atoms with E-state index in [0.717, 1.165) is 115 Å². The molecule has 1 heterocycles. The summed E-state index contributed by atoms with van der Waals surface area (Å²) in [6, 6.07) is 0. The normalized spacial score (nSPS) is 11.8. The fraction of sp³-hybridized carbons (Fsp3) is 0.872. The molecule has 0 spiro atoms. The van der Waals surface area contributed by atoms with Gasteiger partial charge in [0.25, 0.3) is 0 Å². The second-order valence-electron chi connectivity index (χ2n) is 16.2. The molecule has 0 atom stereocenters. The molecule has 0 aliphatic heterocycles. The first-order valence-corrected chi connectivity index (χ1v) is 23.8. The summed E-state index contributed by atoms with van der Waals surface area (Å²) in [5.74, 6) is -0.0509. The molecule has 0 fully saturated rings. The zero-order valence-corrected chi connectivity index (χ0v) is 37.2. The number of ether oxygens (including phenoxy) is 2. The molecule has 0 aliphatic rings. The predicted octanol–water partition coefficient (Wildman–Crippen LogP) is 12.1. The van der Waals surface area contributed by atoms with Crippen molar-refractivity contribution < 1.29 is 19.1 Å². The molecule has 0 bridgehead atoms. The van der Waals surface area contributed by atoms with Gasteiger partial charge in [0.2, 0.25) is 0 Å². The van der Waals surface area contributed by atoms with E-state index in [-0.39, 0.29) is 18.0 Å². The van der Waals surface area contributed by atoms with Crippen molar-refractivity contribution in [3.8, 4) is 0 Å². The highest BCUT2D eigenvalue weighted by Crippen LogP contribution is 2.18. The van der Waals surface area contributed by atoms with E-state index in [9.17, 15) is 9.59 Å². The number of unbranched alkanes of at least 4 members (excludes halogenated alkanes) is 20. The second kappa shape index (κ2) is 39.6. The summed E-state index contributed by atoms with van der Waals surface area (Å²) in [7, 11) is 1.92. The molecule has 0 radical (unpaired) electrons. The van der Waals surface area contributed by atoms with Gasteiger partial charge in [-0.25, -0.2) is 0 Å². The van der Waals surface area contributed by atoms with Gasteiger partial charge in [-0.1, -0.05) is 141 Å². The van der Waals surface area contributed by atoms with E-state index in [4.69, 9.17) is 9.47 Å². The quantitative estimate of drug-likeness (QED) is 0.0397. The van der Waals surface area contributed by atoms with Crippen molar-refractivity contribution in [2.75, 3.05) is 33.3 Å². The number of nitrogens with zero attached hydrogens (tertiary/aromatic N) is 4. The van der Waals surface area contributed by atoms with Gasteiger partial charge < -0.3 is 19.7 Å². The lowest BCUT2D eigenvalue weighted by atomic mass is 10.0. The zero-order valence-electron chi connectivity index (χ0n) is 37.2. The maximum absolute atomic E-state index is 12.8. The van der Waals surface area contributed by atoms with E-state index in [1.54, 1.807) is 0 Å². The number of nitrogens with one attached hydrogen (secondary N) is 1. The number of aromatic nitrogens is 3. The minimum atomic E-state index is -0.0632. The van der Waals surface area contributed by atoms with Gasteiger partial charge in [0, 0.05) is 32.1 Å². The average molecular weight is 788 g/mol. The van der Waals surface area contributed by atoms with Crippen molar-refractivity contribution in [1.82, 2.24) is 25.2 Å². The third kappa shape index (κ3) is 32.8.